The quantitative estimate of drug-likeness (QED) is 0.173. The van der Waals surface area contributed by atoms with Gasteiger partial charge in [-0.2, -0.15) is 0 Å². The molecule has 8 heterocycles. The van der Waals surface area contributed by atoms with Gasteiger partial charge in [-0.15, -0.1) is 0 Å². The summed E-state index contributed by atoms with van der Waals surface area (Å²) in [5, 5.41) is 0. The van der Waals surface area contributed by atoms with Crippen molar-refractivity contribution in [1.29, 1.82) is 0 Å². The second-order valence-electron chi connectivity index (χ2n) is 17.9. The van der Waals surface area contributed by atoms with Crippen LogP contribution in [0.5, 0.6) is 0 Å². The van der Waals surface area contributed by atoms with Crippen molar-refractivity contribution in [3.8, 4) is 44.9 Å². The molecule has 0 N–H and O–H groups in total. The van der Waals surface area contributed by atoms with Crippen LogP contribution in [0.25, 0.3) is 44.9 Å². The Hall–Kier alpha value is -7.23. The Balaban J connectivity index is 1.04. The lowest BCUT2D eigenvalue weighted by Gasteiger charge is -2.14. The summed E-state index contributed by atoms with van der Waals surface area (Å²) >= 11 is 0. The molecule has 2 aliphatic carbocycles. The van der Waals surface area contributed by atoms with Gasteiger partial charge in [-0.25, -0.2) is 0 Å². The summed E-state index contributed by atoms with van der Waals surface area (Å²) in [5.41, 5.74) is 16.2. The van der Waals surface area contributed by atoms with E-state index in [1.807, 2.05) is 136 Å². The molecule has 3 heteroatoms. The zero-order valence-electron chi connectivity index (χ0n) is 46.4. The van der Waals surface area contributed by atoms with Crippen molar-refractivity contribution in [2.45, 2.75) is 84.8 Å². The number of rotatable bonds is 5. The molecule has 0 spiro atoms. The highest BCUT2D eigenvalue weighted by atomic mass is 14.7. The first-order valence-corrected chi connectivity index (χ1v) is 23.3. The first-order valence-electron chi connectivity index (χ1n) is 27.3. The van der Waals surface area contributed by atoms with E-state index in [1.165, 1.54) is 6.07 Å². The molecule has 7 aliphatic rings. The Morgan fingerprint density at radius 3 is 1.58 bits per heavy atom. The fourth-order valence-corrected chi connectivity index (χ4v) is 8.77. The van der Waals surface area contributed by atoms with Crippen molar-refractivity contribution in [2.24, 2.45) is 0 Å². The molecular formula is C64H59N3. The average molecular weight is 878 g/mol. The molecule has 0 saturated heterocycles. The standard InChI is InChI=1S/C64H59N3/c1-44-4-23-56(24-5-44)61-40-64-59-29-19-49(20-30-59)9-13-55-38-53(11-7-47-15-25-57(26-16-47)62-32-6-45(2)41-65-62)37-54(39-55)12-8-48-17-27-58(28-18-48)63-33-22-50(42-66-63)10-14-51-34-46(3)35-52(36-51)21-31-60(61)43-67-64/h4-6,15-20,22-30,32-43H,7-14,21,31H2,1-3H3/i9D2,12D2,13D2,21D2. The minimum Gasteiger partial charge on any atom is -0.256 e. The van der Waals surface area contributed by atoms with E-state index < -0.39 is 25.5 Å². The maximum absolute atomic E-state index is 9.61. The lowest BCUT2D eigenvalue weighted by Crippen LogP contribution is -2.00. The minimum atomic E-state index is -2.60. The molecule has 0 atom stereocenters. The lowest BCUT2D eigenvalue weighted by atomic mass is 9.92. The molecule has 330 valence electrons. The predicted octanol–water partition coefficient (Wildman–Crippen LogP) is 14.7. The Bertz CT molecular complexity index is 3480. The fraction of sp³-hybridized carbons (Fsp3) is 0.203. The van der Waals surface area contributed by atoms with Crippen molar-refractivity contribution >= 4 is 0 Å². The molecule has 3 nitrogen and oxygen atoms in total. The number of aromatic nitrogens is 3. The van der Waals surface area contributed by atoms with Gasteiger partial charge >= 0.3 is 0 Å². The van der Waals surface area contributed by atoms with Crippen molar-refractivity contribution in [2.75, 3.05) is 0 Å². The van der Waals surface area contributed by atoms with Gasteiger partial charge in [-0.3, -0.25) is 15.0 Å². The zero-order valence-corrected chi connectivity index (χ0v) is 38.4. The van der Waals surface area contributed by atoms with Crippen LogP contribution in [-0.4, -0.2) is 15.0 Å². The SMILES string of the molecule is [2H]C1([2H])Cc2ccc(cc2)-c2ccc(cn2)CCc2cc(C)cc(c2)C([2H])([2H])Cc2cnc(cc2-c2ccc(C)cc2)-c2ccc(cc2)C([2H])([2H])C([2H])([2H])c2cc(CCc3ccc(-c4ccc(C)cn4)cc3)cc1c2. The second kappa shape index (κ2) is 20.1. The van der Waals surface area contributed by atoms with E-state index in [4.69, 9.17) is 9.97 Å². The highest BCUT2D eigenvalue weighted by Crippen LogP contribution is 2.31. The van der Waals surface area contributed by atoms with E-state index in [2.05, 4.69) is 29.2 Å². The first-order chi connectivity index (χ1) is 35.8. The van der Waals surface area contributed by atoms with Gasteiger partial charge in [-0.05, 0) is 175 Å². The molecular weight excluding hydrogens is 811 g/mol. The van der Waals surface area contributed by atoms with E-state index in [0.29, 0.717) is 41.6 Å². The monoisotopic (exact) mass is 878 g/mol. The van der Waals surface area contributed by atoms with Gasteiger partial charge in [0.25, 0.3) is 0 Å². The summed E-state index contributed by atoms with van der Waals surface area (Å²) in [6, 6.07) is 51.9. The van der Waals surface area contributed by atoms with Crippen LogP contribution in [0.3, 0.4) is 0 Å². The molecule has 0 fully saturated rings. The molecule has 0 saturated carbocycles. The largest absolute Gasteiger partial charge is 0.256 e. The summed E-state index contributed by atoms with van der Waals surface area (Å²) < 4.78 is 76.3. The number of pyridine rings is 3. The topological polar surface area (TPSA) is 38.7 Å². The lowest BCUT2D eigenvalue weighted by molar-refractivity contribution is 0.903. The van der Waals surface area contributed by atoms with Crippen LogP contribution in [0.4, 0.5) is 0 Å². The molecule has 16 rings (SSSR count). The average Bonchev–Trinajstić information content (AvgIpc) is 3.40. The predicted molar refractivity (Wildman–Crippen MR) is 279 cm³/mol. The van der Waals surface area contributed by atoms with E-state index in [-0.39, 0.29) is 29.5 Å². The van der Waals surface area contributed by atoms with Crippen molar-refractivity contribution in [3.63, 3.8) is 0 Å². The number of benzene rings is 6. The van der Waals surface area contributed by atoms with Gasteiger partial charge in [0.1, 0.15) is 0 Å². The maximum atomic E-state index is 9.61. The molecule has 6 aromatic carbocycles. The Morgan fingerprint density at radius 1 is 0.343 bits per heavy atom. The molecule has 5 aliphatic heterocycles. The van der Waals surface area contributed by atoms with E-state index in [9.17, 15) is 11.0 Å². The van der Waals surface area contributed by atoms with Crippen LogP contribution < -0.4 is 0 Å². The van der Waals surface area contributed by atoms with Crippen LogP contribution in [-0.2, 0) is 64.0 Å². The smallest absolute Gasteiger partial charge is 0.0708 e. The maximum Gasteiger partial charge on any atom is 0.0708 e. The molecule has 12 bridgehead atoms. The van der Waals surface area contributed by atoms with Crippen molar-refractivity contribution in [1.82, 2.24) is 15.0 Å². The minimum absolute atomic E-state index is 0.0112. The fourth-order valence-electron chi connectivity index (χ4n) is 8.77. The van der Waals surface area contributed by atoms with E-state index in [1.54, 1.807) is 36.5 Å². The van der Waals surface area contributed by atoms with Crippen molar-refractivity contribution < 1.29 is 11.0 Å². The van der Waals surface area contributed by atoms with Gasteiger partial charge in [0.15, 0.2) is 0 Å². The van der Waals surface area contributed by atoms with Gasteiger partial charge in [0, 0.05) is 46.2 Å². The molecule has 67 heavy (non-hydrogen) atoms. The summed E-state index contributed by atoms with van der Waals surface area (Å²) in [4.78, 5) is 14.3. The van der Waals surface area contributed by atoms with Gasteiger partial charge in [-0.1, -0.05) is 157 Å². The van der Waals surface area contributed by atoms with Crippen LogP contribution >= 0.6 is 0 Å². The third-order valence-electron chi connectivity index (χ3n) is 12.6. The summed E-state index contributed by atoms with van der Waals surface area (Å²) in [6.45, 7) is 6.04. The third kappa shape index (κ3) is 11.1. The molecule has 0 unspecified atom stereocenters. The normalized spacial score (nSPS) is 17.7. The van der Waals surface area contributed by atoms with Gasteiger partial charge in [0.2, 0.25) is 0 Å². The molecule has 9 aromatic rings. The van der Waals surface area contributed by atoms with Gasteiger partial charge < -0.3 is 0 Å². The Morgan fingerprint density at radius 2 is 0.866 bits per heavy atom. The Kier molecular flexibility index (Phi) is 10.5. The Labute approximate surface area is 409 Å². The van der Waals surface area contributed by atoms with Crippen LogP contribution in [0.15, 0.2) is 182 Å². The number of aryl methyl sites for hydroxylation is 13. The summed E-state index contributed by atoms with van der Waals surface area (Å²) in [6.07, 6.45) is -0.743. The molecule has 0 amide bonds. The molecule has 3 aromatic heterocycles. The highest BCUT2D eigenvalue weighted by molar-refractivity contribution is 5.73. The summed E-state index contributed by atoms with van der Waals surface area (Å²) in [7, 11) is 0. The summed E-state index contributed by atoms with van der Waals surface area (Å²) in [5.74, 6) is 0. The highest BCUT2D eigenvalue weighted by Gasteiger charge is 2.13. The van der Waals surface area contributed by atoms with E-state index in [0.717, 1.165) is 84.6 Å². The second-order valence-corrected chi connectivity index (χ2v) is 17.9. The van der Waals surface area contributed by atoms with Crippen molar-refractivity contribution in [3.05, 3.63) is 255 Å². The number of nitrogens with zero attached hydrogens (tertiary/aromatic N) is 3. The zero-order chi connectivity index (χ0) is 52.7. The third-order valence-corrected chi connectivity index (χ3v) is 12.6. The van der Waals surface area contributed by atoms with E-state index >= 15 is 0 Å². The number of hydrogen-bond donors (Lipinski definition) is 0. The van der Waals surface area contributed by atoms with Crippen LogP contribution in [0.2, 0.25) is 0 Å². The van der Waals surface area contributed by atoms with Crippen LogP contribution in [0, 0.1) is 20.8 Å². The molecule has 0 radical (unpaired) electrons. The van der Waals surface area contributed by atoms with Gasteiger partial charge in [0.05, 0.1) is 17.1 Å². The van der Waals surface area contributed by atoms with Crippen LogP contribution in [0.1, 0.15) is 83.3 Å². The number of hydrogen-bond acceptors (Lipinski definition) is 3. The first kappa shape index (κ1) is 35.0.